The van der Waals surface area contributed by atoms with Gasteiger partial charge in [-0.2, -0.15) is 0 Å². The summed E-state index contributed by atoms with van der Waals surface area (Å²) in [7, 11) is 0. The first-order valence-electron chi connectivity index (χ1n) is 5.39. The van der Waals surface area contributed by atoms with Gasteiger partial charge in [-0.15, -0.1) is 0 Å². The highest BCUT2D eigenvalue weighted by atomic mass is 15.1. The van der Waals surface area contributed by atoms with Crippen LogP contribution in [0.25, 0.3) is 10.9 Å². The number of nitrogens with zero attached hydrogens (tertiary/aromatic N) is 2. The molecule has 3 rings (SSSR count). The number of anilines is 1. The fraction of sp³-hybridized carbons (Fsp3) is 0.0714. The number of hydrogen-bond acceptors (Lipinski definition) is 2. The summed E-state index contributed by atoms with van der Waals surface area (Å²) in [6, 6.07) is 10.3. The highest BCUT2D eigenvalue weighted by Gasteiger charge is 2.07. The van der Waals surface area contributed by atoms with Crippen LogP contribution in [0.1, 0.15) is 0 Å². The zero-order valence-corrected chi connectivity index (χ0v) is 8.88. The highest BCUT2D eigenvalue weighted by molar-refractivity contribution is 5.92. The predicted molar refractivity (Wildman–Crippen MR) is 67.4 cm³/mol. The molecule has 0 aliphatic carbocycles. The molecule has 0 fully saturated rings. The van der Waals surface area contributed by atoms with E-state index in [1.807, 2.05) is 18.3 Å². The third-order valence-corrected chi connectivity index (χ3v) is 2.75. The van der Waals surface area contributed by atoms with Crippen LogP contribution >= 0.6 is 0 Å². The van der Waals surface area contributed by atoms with E-state index in [-0.39, 0.29) is 0 Å². The molecule has 2 nitrogen and oxygen atoms in total. The summed E-state index contributed by atoms with van der Waals surface area (Å²) in [6.45, 7) is 0.921. The number of fused-ring (bicyclic) bond motifs is 1. The maximum absolute atomic E-state index is 4.37. The van der Waals surface area contributed by atoms with Crippen molar-refractivity contribution in [1.29, 1.82) is 0 Å². The number of aromatic nitrogens is 1. The SMILES string of the molecule is C1=CCN(c2ccnc3ccccc23)C=C1. The number of para-hydroxylation sites is 1. The van der Waals surface area contributed by atoms with Crippen LogP contribution in [0.3, 0.4) is 0 Å². The molecule has 0 unspecified atom stereocenters. The number of allylic oxidation sites excluding steroid dienone is 2. The van der Waals surface area contributed by atoms with Gasteiger partial charge in [0.1, 0.15) is 0 Å². The van der Waals surface area contributed by atoms with Gasteiger partial charge in [0.25, 0.3) is 0 Å². The molecule has 0 N–H and O–H groups in total. The minimum absolute atomic E-state index is 0.921. The summed E-state index contributed by atoms with van der Waals surface area (Å²) in [4.78, 5) is 6.59. The van der Waals surface area contributed by atoms with E-state index in [2.05, 4.69) is 52.5 Å². The maximum Gasteiger partial charge on any atom is 0.0722 e. The molecule has 1 aliphatic heterocycles. The number of rotatable bonds is 1. The van der Waals surface area contributed by atoms with Crippen LogP contribution < -0.4 is 4.90 Å². The van der Waals surface area contributed by atoms with Crippen LogP contribution in [0.2, 0.25) is 0 Å². The van der Waals surface area contributed by atoms with E-state index in [9.17, 15) is 0 Å². The maximum atomic E-state index is 4.37. The monoisotopic (exact) mass is 208 g/mol. The zero-order valence-electron chi connectivity index (χ0n) is 8.88. The summed E-state index contributed by atoms with van der Waals surface area (Å²) in [5, 5.41) is 1.20. The molecular weight excluding hydrogens is 196 g/mol. The third-order valence-electron chi connectivity index (χ3n) is 2.75. The number of hydrogen-bond donors (Lipinski definition) is 0. The average Bonchev–Trinajstić information content (AvgIpc) is 2.39. The summed E-state index contributed by atoms with van der Waals surface area (Å²) in [5.41, 5.74) is 2.26. The van der Waals surface area contributed by atoms with Gasteiger partial charge in [0.05, 0.1) is 11.2 Å². The first kappa shape index (κ1) is 9.16. The minimum Gasteiger partial charge on any atom is -0.344 e. The third kappa shape index (κ3) is 1.48. The van der Waals surface area contributed by atoms with E-state index < -0.39 is 0 Å². The second-order valence-electron chi connectivity index (χ2n) is 3.77. The molecule has 0 saturated carbocycles. The van der Waals surface area contributed by atoms with Crippen molar-refractivity contribution < 1.29 is 0 Å². The van der Waals surface area contributed by atoms with Gasteiger partial charge >= 0.3 is 0 Å². The zero-order chi connectivity index (χ0) is 10.8. The van der Waals surface area contributed by atoms with Gasteiger partial charge in [-0.25, -0.2) is 0 Å². The van der Waals surface area contributed by atoms with Crippen molar-refractivity contribution in [2.75, 3.05) is 11.4 Å². The van der Waals surface area contributed by atoms with Crippen LogP contribution in [-0.4, -0.2) is 11.5 Å². The van der Waals surface area contributed by atoms with Gasteiger partial charge in [-0.1, -0.05) is 30.4 Å². The van der Waals surface area contributed by atoms with Gasteiger partial charge in [0.15, 0.2) is 0 Å². The first-order valence-corrected chi connectivity index (χ1v) is 5.39. The topological polar surface area (TPSA) is 16.1 Å². The molecule has 0 saturated heterocycles. The van der Waals surface area contributed by atoms with Crippen LogP contribution in [-0.2, 0) is 0 Å². The molecule has 0 spiro atoms. The van der Waals surface area contributed by atoms with Crippen molar-refractivity contribution in [3.05, 3.63) is 61.0 Å². The Morgan fingerprint density at radius 1 is 1.06 bits per heavy atom. The Bertz CT molecular complexity index is 564. The summed E-state index contributed by atoms with van der Waals surface area (Å²) in [6.07, 6.45) is 10.2. The molecular formula is C14H12N2. The van der Waals surface area contributed by atoms with Gasteiger partial charge in [0, 0.05) is 24.3 Å². The molecule has 0 atom stereocenters. The fourth-order valence-electron chi connectivity index (χ4n) is 1.98. The largest absolute Gasteiger partial charge is 0.344 e. The molecule has 1 aromatic carbocycles. The van der Waals surface area contributed by atoms with Crippen molar-refractivity contribution in [1.82, 2.24) is 4.98 Å². The van der Waals surface area contributed by atoms with E-state index in [0.717, 1.165) is 12.1 Å². The molecule has 1 aromatic heterocycles. The van der Waals surface area contributed by atoms with E-state index in [1.54, 1.807) is 0 Å². The fourth-order valence-corrected chi connectivity index (χ4v) is 1.98. The molecule has 0 bridgehead atoms. The van der Waals surface area contributed by atoms with E-state index in [0.29, 0.717) is 0 Å². The van der Waals surface area contributed by atoms with Crippen molar-refractivity contribution in [3.8, 4) is 0 Å². The molecule has 0 amide bonds. The van der Waals surface area contributed by atoms with Gasteiger partial charge in [0.2, 0.25) is 0 Å². The summed E-state index contributed by atoms with van der Waals surface area (Å²) < 4.78 is 0. The van der Waals surface area contributed by atoms with Crippen molar-refractivity contribution >= 4 is 16.6 Å². The molecule has 78 valence electrons. The molecule has 2 heteroatoms. The second kappa shape index (κ2) is 3.81. The Balaban J connectivity index is 2.16. The Hall–Kier alpha value is -2.09. The molecule has 0 radical (unpaired) electrons. The summed E-state index contributed by atoms with van der Waals surface area (Å²) >= 11 is 0. The quantitative estimate of drug-likeness (QED) is 0.715. The van der Waals surface area contributed by atoms with E-state index in [1.165, 1.54) is 11.1 Å². The molecule has 1 aliphatic rings. The Morgan fingerprint density at radius 2 is 2.00 bits per heavy atom. The average molecular weight is 208 g/mol. The molecule has 16 heavy (non-hydrogen) atoms. The van der Waals surface area contributed by atoms with Crippen LogP contribution in [0.5, 0.6) is 0 Å². The molecule has 2 aromatic rings. The Kier molecular flexibility index (Phi) is 2.18. The Labute approximate surface area is 94.5 Å². The predicted octanol–water partition coefficient (Wildman–Crippen LogP) is 3.12. The lowest BCUT2D eigenvalue weighted by Crippen LogP contribution is -2.17. The van der Waals surface area contributed by atoms with Crippen LogP contribution in [0, 0.1) is 0 Å². The second-order valence-corrected chi connectivity index (χ2v) is 3.77. The van der Waals surface area contributed by atoms with Gasteiger partial charge < -0.3 is 4.90 Å². The minimum atomic E-state index is 0.921. The van der Waals surface area contributed by atoms with E-state index >= 15 is 0 Å². The van der Waals surface area contributed by atoms with Crippen LogP contribution in [0.4, 0.5) is 5.69 Å². The first-order chi connectivity index (χ1) is 7.95. The number of benzene rings is 1. The van der Waals surface area contributed by atoms with Crippen LogP contribution in [0.15, 0.2) is 61.0 Å². The summed E-state index contributed by atoms with van der Waals surface area (Å²) in [5.74, 6) is 0. The highest BCUT2D eigenvalue weighted by Crippen LogP contribution is 2.25. The molecule has 2 heterocycles. The lowest BCUT2D eigenvalue weighted by atomic mass is 10.1. The lowest BCUT2D eigenvalue weighted by Gasteiger charge is -2.21. The van der Waals surface area contributed by atoms with Crippen molar-refractivity contribution in [3.63, 3.8) is 0 Å². The van der Waals surface area contributed by atoms with Gasteiger partial charge in [-0.3, -0.25) is 4.98 Å². The van der Waals surface area contributed by atoms with Crippen molar-refractivity contribution in [2.24, 2.45) is 0 Å². The van der Waals surface area contributed by atoms with Crippen molar-refractivity contribution in [2.45, 2.75) is 0 Å². The number of pyridine rings is 1. The van der Waals surface area contributed by atoms with E-state index in [4.69, 9.17) is 0 Å². The smallest absolute Gasteiger partial charge is 0.0722 e. The Morgan fingerprint density at radius 3 is 2.88 bits per heavy atom. The standard InChI is InChI=1S/C14H12N2/c1-4-10-16(11-5-1)14-8-9-15-13-7-3-2-6-12(13)14/h1-10H,11H2. The lowest BCUT2D eigenvalue weighted by molar-refractivity contribution is 1.08. The van der Waals surface area contributed by atoms with Gasteiger partial charge in [-0.05, 0) is 18.2 Å². The normalized spacial score (nSPS) is 14.6.